The standard InChI is InChI=1S/6CHN.Cs.H/c6*1-2;;/h6*1H;;/q;;;;;;+1;-1. The van der Waals surface area contributed by atoms with E-state index >= 15 is 0 Å². The van der Waals surface area contributed by atoms with Crippen LogP contribution in [0.3, 0.4) is 0 Å². The maximum absolute atomic E-state index is 6.50. The van der Waals surface area contributed by atoms with Crippen molar-refractivity contribution in [2.24, 2.45) is 0 Å². The Kier molecular flexibility index (Phi) is 4830. The predicted octanol–water partition coefficient (Wildman–Crippen LogP) is -2.04. The van der Waals surface area contributed by atoms with Gasteiger partial charge in [0, 0.05) is 39.4 Å². The fourth-order valence-electron chi connectivity index (χ4n) is 0. The van der Waals surface area contributed by atoms with Gasteiger partial charge in [-0.25, -0.2) is 31.6 Å². The molecule has 0 aromatic rings. The summed E-state index contributed by atoms with van der Waals surface area (Å²) in [7, 11) is 0. The zero-order valence-electron chi connectivity index (χ0n) is 8.15. The molecule has 0 aliphatic heterocycles. The van der Waals surface area contributed by atoms with Crippen LogP contribution in [0.15, 0.2) is 0 Å². The zero-order chi connectivity index (χ0) is 12.0. The zero-order valence-corrected chi connectivity index (χ0v) is 13.4. The number of hydrogen-bond acceptors (Lipinski definition) is 6. The molecule has 62 valence electrons. The molecule has 0 unspecified atom stereocenters. The van der Waals surface area contributed by atoms with Gasteiger partial charge >= 0.3 is 68.9 Å². The molecule has 0 saturated heterocycles. The third-order valence-electron chi connectivity index (χ3n) is 0. The first-order valence-corrected chi connectivity index (χ1v) is 1.55. The molecule has 0 fully saturated rings. The third-order valence-corrected chi connectivity index (χ3v) is 0. The summed E-state index contributed by atoms with van der Waals surface area (Å²) < 4.78 is 0. The van der Waals surface area contributed by atoms with Crippen molar-refractivity contribution >= 4 is 0 Å². The molecule has 6 nitrogen and oxygen atoms in total. The van der Waals surface area contributed by atoms with E-state index in [9.17, 15) is 0 Å². The van der Waals surface area contributed by atoms with E-state index in [2.05, 4.69) is 39.4 Å². The van der Waals surface area contributed by atoms with E-state index in [0.29, 0.717) is 0 Å². The topological polar surface area (TPSA) is 143 Å². The van der Waals surface area contributed by atoms with Crippen LogP contribution in [-0.2, 0) is 0 Å². The Morgan fingerprint density at radius 1 is 0.385 bits per heavy atom. The molecule has 13 heavy (non-hydrogen) atoms. The van der Waals surface area contributed by atoms with Gasteiger partial charge in [0.25, 0.3) is 0 Å². The first-order chi connectivity index (χ1) is 6.00. The minimum atomic E-state index is 0. The molecule has 0 aromatic carbocycles. The van der Waals surface area contributed by atoms with Gasteiger partial charge < -0.3 is 1.43 Å². The van der Waals surface area contributed by atoms with E-state index in [-0.39, 0.29) is 70.3 Å². The maximum Gasteiger partial charge on any atom is 1.00 e. The second-order valence-electron chi connectivity index (χ2n) is 0. The van der Waals surface area contributed by atoms with Gasteiger partial charge in [0.05, 0.1) is 0 Å². The summed E-state index contributed by atoms with van der Waals surface area (Å²) in [6, 6.07) is 0. The number of hydrogen-bond donors (Lipinski definition) is 0. The average molecular weight is 296 g/mol. The fraction of sp³-hybridized carbons (Fsp3) is 0. The van der Waals surface area contributed by atoms with Gasteiger partial charge in [-0.2, -0.15) is 0 Å². The smallest absolute Gasteiger partial charge is 1.00 e. The van der Waals surface area contributed by atoms with Crippen LogP contribution in [0.2, 0.25) is 0 Å². The van der Waals surface area contributed by atoms with Crippen LogP contribution >= 0.6 is 0 Å². The Hall–Kier alpha value is -1.01. The van der Waals surface area contributed by atoms with Crippen molar-refractivity contribution in [2.75, 3.05) is 0 Å². The van der Waals surface area contributed by atoms with Crippen molar-refractivity contribution in [3.8, 4) is 39.4 Å². The first kappa shape index (κ1) is 58.1. The van der Waals surface area contributed by atoms with Crippen LogP contribution < -0.4 is 68.9 Å². The maximum atomic E-state index is 6.50. The summed E-state index contributed by atoms with van der Waals surface area (Å²) in [6.07, 6.45) is 0. The summed E-state index contributed by atoms with van der Waals surface area (Å²) in [5.74, 6) is 0. The van der Waals surface area contributed by atoms with E-state index in [1.165, 1.54) is 0 Å². The summed E-state index contributed by atoms with van der Waals surface area (Å²) in [5.41, 5.74) is 0. The van der Waals surface area contributed by atoms with E-state index in [1.807, 2.05) is 0 Å². The SMILES string of the molecule is C#N.C#N.C#N.C#N.C#N.C#N.[Cs+].[H-]. The summed E-state index contributed by atoms with van der Waals surface area (Å²) >= 11 is 0. The number of nitriles is 6. The Labute approximate surface area is 139 Å². The molecule has 0 aromatic heterocycles. The van der Waals surface area contributed by atoms with Crippen LogP contribution in [0.25, 0.3) is 0 Å². The molecule has 0 heterocycles. The second kappa shape index (κ2) is 1080. The van der Waals surface area contributed by atoms with Crippen molar-refractivity contribution in [1.29, 1.82) is 31.6 Å². The second-order valence-corrected chi connectivity index (χ2v) is 0. The van der Waals surface area contributed by atoms with E-state index in [1.54, 1.807) is 0 Å². The average Bonchev–Trinajstić information content (AvgIpc) is 2.33. The summed E-state index contributed by atoms with van der Waals surface area (Å²) in [5, 5.41) is 39.0. The number of nitrogens with zero attached hydrogens (tertiary/aromatic N) is 6. The van der Waals surface area contributed by atoms with Gasteiger partial charge in [0.15, 0.2) is 0 Å². The van der Waals surface area contributed by atoms with E-state index < -0.39 is 0 Å². The van der Waals surface area contributed by atoms with Gasteiger partial charge in [-0.1, -0.05) is 0 Å². The van der Waals surface area contributed by atoms with Crippen molar-refractivity contribution < 1.29 is 70.3 Å². The minimum absolute atomic E-state index is 0. The summed E-state index contributed by atoms with van der Waals surface area (Å²) in [6.45, 7) is 21.0. The Morgan fingerprint density at radius 2 is 0.385 bits per heavy atom. The molecule has 0 aliphatic carbocycles. The van der Waals surface area contributed by atoms with Crippen molar-refractivity contribution in [3.05, 3.63) is 0 Å². The normalized spacial score (nSPS) is 0.923. The molecule has 0 saturated carbocycles. The fourth-order valence-corrected chi connectivity index (χ4v) is 0. The van der Waals surface area contributed by atoms with Crippen LogP contribution in [0.5, 0.6) is 0 Å². The van der Waals surface area contributed by atoms with Crippen LogP contribution in [0.1, 0.15) is 1.43 Å². The predicted molar refractivity (Wildman–Crippen MR) is 41.1 cm³/mol. The van der Waals surface area contributed by atoms with E-state index in [0.717, 1.165) is 0 Å². The molecule has 0 atom stereocenters. The summed E-state index contributed by atoms with van der Waals surface area (Å²) in [4.78, 5) is 0. The van der Waals surface area contributed by atoms with Crippen LogP contribution in [-0.4, -0.2) is 0 Å². The van der Waals surface area contributed by atoms with Gasteiger partial charge in [-0.3, -0.25) is 0 Å². The quantitative estimate of drug-likeness (QED) is 0.503. The Morgan fingerprint density at radius 3 is 0.385 bits per heavy atom. The van der Waals surface area contributed by atoms with Crippen molar-refractivity contribution in [3.63, 3.8) is 0 Å². The molecule has 0 aliphatic rings. The van der Waals surface area contributed by atoms with Gasteiger partial charge in [0.1, 0.15) is 0 Å². The van der Waals surface area contributed by atoms with Crippen LogP contribution in [0.4, 0.5) is 0 Å². The molecule has 0 amide bonds. The molecular weight excluding hydrogens is 289 g/mol. The van der Waals surface area contributed by atoms with Crippen molar-refractivity contribution in [1.82, 2.24) is 0 Å². The largest absolute Gasteiger partial charge is 1.00 e. The first-order valence-electron chi connectivity index (χ1n) is 1.55. The van der Waals surface area contributed by atoms with Gasteiger partial charge in [-0.15, -0.1) is 0 Å². The van der Waals surface area contributed by atoms with E-state index in [4.69, 9.17) is 31.6 Å². The molecule has 0 radical (unpaired) electrons. The molecule has 7 heteroatoms. The Bertz CT molecular complexity index is 97.3. The molecule has 0 rings (SSSR count). The van der Waals surface area contributed by atoms with Crippen molar-refractivity contribution in [2.45, 2.75) is 0 Å². The molecular formula is C6H7CsN6. The van der Waals surface area contributed by atoms with Gasteiger partial charge in [-0.05, 0) is 0 Å². The van der Waals surface area contributed by atoms with Crippen LogP contribution in [0, 0.1) is 71.0 Å². The number of rotatable bonds is 0. The molecule has 0 N–H and O–H groups in total. The van der Waals surface area contributed by atoms with Gasteiger partial charge in [0.2, 0.25) is 0 Å². The minimum Gasteiger partial charge on any atom is -1.00 e. The molecule has 0 bridgehead atoms. The molecule has 0 spiro atoms. The third kappa shape index (κ3) is 875. The monoisotopic (exact) mass is 296 g/mol. The Balaban J connectivity index is -0.00000000500.